The molecule has 0 radical (unpaired) electrons. The van der Waals surface area contributed by atoms with E-state index in [0.29, 0.717) is 0 Å². The first-order chi connectivity index (χ1) is 25.1. The minimum Gasteiger partial charge on any atom is -0.457 e. The fourth-order valence-electron chi connectivity index (χ4n) is 9.77. The Morgan fingerprint density at radius 1 is 0.392 bits per heavy atom. The van der Waals surface area contributed by atoms with Gasteiger partial charge in [-0.15, -0.1) is 0 Å². The van der Waals surface area contributed by atoms with Gasteiger partial charge in [0.2, 0.25) is 0 Å². The summed E-state index contributed by atoms with van der Waals surface area (Å²) in [6, 6.07) is 63.0. The molecule has 240 valence electrons. The molecule has 3 aliphatic rings. The maximum atomic E-state index is 6.46. The predicted octanol–water partition coefficient (Wildman–Crippen LogP) is 12.9. The van der Waals surface area contributed by atoms with Crippen molar-refractivity contribution >= 4 is 10.8 Å². The van der Waals surface area contributed by atoms with Crippen LogP contribution in [0.1, 0.15) is 47.2 Å². The molecule has 0 aromatic heterocycles. The van der Waals surface area contributed by atoms with Crippen molar-refractivity contribution in [2.24, 2.45) is 0 Å². The highest BCUT2D eigenvalue weighted by atomic mass is 16.5. The van der Waals surface area contributed by atoms with Gasteiger partial charge in [-0.2, -0.15) is 0 Å². The molecule has 1 heteroatoms. The summed E-state index contributed by atoms with van der Waals surface area (Å²) in [7, 11) is 0. The molecule has 8 aromatic rings. The zero-order valence-electron chi connectivity index (χ0n) is 28.6. The van der Waals surface area contributed by atoms with Crippen LogP contribution in [-0.4, -0.2) is 0 Å². The molecule has 1 unspecified atom stereocenters. The molecular formula is C50H34O. The third-order valence-electron chi connectivity index (χ3n) is 12.0. The number of para-hydroxylation sites is 1. The highest BCUT2D eigenvalue weighted by molar-refractivity contribution is 6.06. The fourth-order valence-corrected chi connectivity index (χ4v) is 9.77. The molecule has 1 heterocycles. The number of benzene rings is 8. The lowest BCUT2D eigenvalue weighted by molar-refractivity contribution is 0.418. The zero-order chi connectivity index (χ0) is 33.9. The molecule has 0 saturated heterocycles. The molecule has 2 aliphatic carbocycles. The summed E-state index contributed by atoms with van der Waals surface area (Å²) >= 11 is 0. The molecule has 0 N–H and O–H groups in total. The third-order valence-corrected chi connectivity index (χ3v) is 12.0. The van der Waals surface area contributed by atoms with Gasteiger partial charge in [0.15, 0.2) is 0 Å². The first-order valence-corrected chi connectivity index (χ1v) is 17.9. The first kappa shape index (κ1) is 28.6. The Labute approximate surface area is 298 Å². The number of fused-ring (bicyclic) bond motifs is 14. The van der Waals surface area contributed by atoms with Crippen molar-refractivity contribution in [3.05, 3.63) is 203 Å². The van der Waals surface area contributed by atoms with E-state index >= 15 is 0 Å². The summed E-state index contributed by atoms with van der Waals surface area (Å²) < 4.78 is 6.46. The number of ether oxygens (including phenoxy) is 1. The van der Waals surface area contributed by atoms with Crippen LogP contribution in [0, 0.1) is 0 Å². The van der Waals surface area contributed by atoms with Crippen LogP contribution in [0.3, 0.4) is 0 Å². The monoisotopic (exact) mass is 650 g/mol. The molecule has 1 aliphatic heterocycles. The Kier molecular flexibility index (Phi) is 5.72. The maximum Gasteiger partial charge on any atom is 0.131 e. The second-order valence-corrected chi connectivity index (χ2v) is 14.8. The van der Waals surface area contributed by atoms with E-state index in [-0.39, 0.29) is 5.41 Å². The van der Waals surface area contributed by atoms with E-state index in [0.717, 1.165) is 11.5 Å². The lowest BCUT2D eigenvalue weighted by Gasteiger charge is -2.34. The topological polar surface area (TPSA) is 9.23 Å². The van der Waals surface area contributed by atoms with Gasteiger partial charge in [-0.3, -0.25) is 0 Å². The Morgan fingerprint density at radius 3 is 1.84 bits per heavy atom. The van der Waals surface area contributed by atoms with Crippen LogP contribution >= 0.6 is 0 Å². The molecule has 0 amide bonds. The van der Waals surface area contributed by atoms with Crippen LogP contribution in [0.15, 0.2) is 170 Å². The van der Waals surface area contributed by atoms with Crippen LogP contribution in [-0.2, 0) is 10.8 Å². The summed E-state index contributed by atoms with van der Waals surface area (Å²) in [6.45, 7) is 4.62. The summed E-state index contributed by atoms with van der Waals surface area (Å²) in [5.41, 5.74) is 17.5. The van der Waals surface area contributed by atoms with Crippen molar-refractivity contribution in [1.29, 1.82) is 0 Å². The van der Waals surface area contributed by atoms with Crippen molar-refractivity contribution < 1.29 is 4.74 Å². The predicted molar refractivity (Wildman–Crippen MR) is 210 cm³/mol. The van der Waals surface area contributed by atoms with Gasteiger partial charge in [-0.05, 0) is 95.7 Å². The summed E-state index contributed by atoms with van der Waals surface area (Å²) in [4.78, 5) is 0. The standard InChI is InChI=1S/C50H34O/c1-49(2)42-23-11-12-25-45(42)51-46-29-27-32(30-44(46)49)33-15-5-6-17-35(33)37-20-13-24-43-47(37)39-19-8-10-22-41(39)50(43)40-21-9-7-18-36(40)38-28-26-31-14-3-4-16-34(31)48(38)50/h3-30H,1-2H3. The molecule has 0 fully saturated rings. The van der Waals surface area contributed by atoms with E-state index in [4.69, 9.17) is 4.74 Å². The smallest absolute Gasteiger partial charge is 0.131 e. The summed E-state index contributed by atoms with van der Waals surface area (Å²) in [5, 5.41) is 2.60. The van der Waals surface area contributed by atoms with Gasteiger partial charge < -0.3 is 4.74 Å². The lowest BCUT2D eigenvalue weighted by Crippen LogP contribution is -2.26. The van der Waals surface area contributed by atoms with E-state index in [1.807, 2.05) is 0 Å². The van der Waals surface area contributed by atoms with E-state index in [1.165, 1.54) is 88.7 Å². The summed E-state index contributed by atoms with van der Waals surface area (Å²) in [5.74, 6) is 1.88. The van der Waals surface area contributed by atoms with E-state index in [1.54, 1.807) is 0 Å². The molecule has 0 saturated carbocycles. The van der Waals surface area contributed by atoms with Gasteiger partial charge in [0.1, 0.15) is 11.5 Å². The molecule has 11 rings (SSSR count). The second kappa shape index (κ2) is 10.2. The minimum atomic E-state index is -0.426. The van der Waals surface area contributed by atoms with Gasteiger partial charge in [0.25, 0.3) is 0 Å². The Hall–Kier alpha value is -6.18. The fraction of sp³-hybridized carbons (Fsp3) is 0.0800. The largest absolute Gasteiger partial charge is 0.457 e. The van der Waals surface area contributed by atoms with Gasteiger partial charge in [0, 0.05) is 16.5 Å². The highest BCUT2D eigenvalue weighted by Gasteiger charge is 2.53. The van der Waals surface area contributed by atoms with Crippen molar-refractivity contribution in [1.82, 2.24) is 0 Å². The SMILES string of the molecule is CC1(C)c2ccccc2Oc2ccc(-c3ccccc3-c3cccc4c3-c3ccccc3C43c4ccccc4-c4ccc5ccccc5c43)cc21. The Balaban J connectivity index is 1.18. The van der Waals surface area contributed by atoms with Crippen molar-refractivity contribution in [2.75, 3.05) is 0 Å². The number of rotatable bonds is 2. The average Bonchev–Trinajstić information content (AvgIpc) is 3.66. The van der Waals surface area contributed by atoms with Crippen molar-refractivity contribution in [3.8, 4) is 56.0 Å². The van der Waals surface area contributed by atoms with Crippen LogP contribution in [0.5, 0.6) is 11.5 Å². The molecule has 1 nitrogen and oxygen atoms in total. The van der Waals surface area contributed by atoms with Crippen LogP contribution in [0.4, 0.5) is 0 Å². The lowest BCUT2D eigenvalue weighted by atomic mass is 9.69. The normalized spacial score (nSPS) is 16.8. The Morgan fingerprint density at radius 2 is 1.00 bits per heavy atom. The third kappa shape index (κ3) is 3.65. The molecule has 1 atom stereocenters. The zero-order valence-corrected chi connectivity index (χ0v) is 28.6. The van der Waals surface area contributed by atoms with E-state index in [2.05, 4.69) is 184 Å². The van der Waals surface area contributed by atoms with E-state index in [9.17, 15) is 0 Å². The quantitative estimate of drug-likeness (QED) is 0.181. The molecule has 51 heavy (non-hydrogen) atoms. The number of hydrogen-bond acceptors (Lipinski definition) is 1. The van der Waals surface area contributed by atoms with Crippen LogP contribution in [0.25, 0.3) is 55.3 Å². The van der Waals surface area contributed by atoms with Crippen LogP contribution < -0.4 is 4.74 Å². The first-order valence-electron chi connectivity index (χ1n) is 17.9. The Bertz CT molecular complexity index is 2770. The summed E-state index contributed by atoms with van der Waals surface area (Å²) in [6.07, 6.45) is 0. The molecule has 8 aromatic carbocycles. The minimum absolute atomic E-state index is 0.194. The van der Waals surface area contributed by atoms with Gasteiger partial charge in [-0.1, -0.05) is 166 Å². The average molecular weight is 651 g/mol. The van der Waals surface area contributed by atoms with Gasteiger partial charge >= 0.3 is 0 Å². The van der Waals surface area contributed by atoms with Gasteiger partial charge in [0.05, 0.1) is 5.41 Å². The molecular weight excluding hydrogens is 617 g/mol. The molecule has 1 spiro atoms. The molecule has 0 bridgehead atoms. The number of hydrogen-bond donors (Lipinski definition) is 0. The highest BCUT2D eigenvalue weighted by Crippen LogP contribution is 2.65. The second-order valence-electron chi connectivity index (χ2n) is 14.8. The van der Waals surface area contributed by atoms with E-state index < -0.39 is 5.41 Å². The van der Waals surface area contributed by atoms with Gasteiger partial charge in [-0.25, -0.2) is 0 Å². The van der Waals surface area contributed by atoms with Crippen molar-refractivity contribution in [3.63, 3.8) is 0 Å². The van der Waals surface area contributed by atoms with Crippen LogP contribution in [0.2, 0.25) is 0 Å². The maximum absolute atomic E-state index is 6.46. The van der Waals surface area contributed by atoms with Crippen molar-refractivity contribution in [2.45, 2.75) is 24.7 Å².